The zero-order valence-electron chi connectivity index (χ0n) is 16.0. The number of halogens is 2. The van der Waals surface area contributed by atoms with Crippen LogP contribution in [-0.2, 0) is 11.3 Å². The minimum absolute atomic E-state index is 0.0603. The molecule has 3 rings (SSSR count). The summed E-state index contributed by atoms with van der Waals surface area (Å²) in [5, 5.41) is 3.80. The Morgan fingerprint density at radius 2 is 1.85 bits per heavy atom. The summed E-state index contributed by atoms with van der Waals surface area (Å²) in [7, 11) is 2.18. The quantitative estimate of drug-likeness (QED) is 0.746. The van der Waals surface area contributed by atoms with Crippen molar-refractivity contribution in [2.24, 2.45) is 5.73 Å². The van der Waals surface area contributed by atoms with Crippen molar-refractivity contribution in [2.75, 3.05) is 32.0 Å². The van der Waals surface area contributed by atoms with E-state index in [0.29, 0.717) is 34.4 Å². The summed E-state index contributed by atoms with van der Waals surface area (Å²) < 4.78 is 0. The van der Waals surface area contributed by atoms with E-state index in [2.05, 4.69) is 22.2 Å². The van der Waals surface area contributed by atoms with E-state index in [-0.39, 0.29) is 12.5 Å². The number of carbonyl (C=O) groups is 1. The molecule has 0 unspecified atom stereocenters. The lowest BCUT2D eigenvalue weighted by molar-refractivity contribution is -0.114. The van der Waals surface area contributed by atoms with Crippen LogP contribution in [0.3, 0.4) is 0 Å². The molecule has 1 saturated carbocycles. The second-order valence-corrected chi connectivity index (χ2v) is 8.57. The average molecular weight is 413 g/mol. The Hall–Kier alpha value is -0.850. The third-order valence-electron chi connectivity index (χ3n) is 5.90. The smallest absolute Gasteiger partial charge is 0.238 e. The lowest BCUT2D eigenvalue weighted by Gasteiger charge is -2.42. The first-order chi connectivity index (χ1) is 13.0. The van der Waals surface area contributed by atoms with Gasteiger partial charge in [-0.3, -0.25) is 14.6 Å². The van der Waals surface area contributed by atoms with Crippen LogP contribution in [0.2, 0.25) is 10.0 Å². The summed E-state index contributed by atoms with van der Waals surface area (Å²) in [6, 6.07) is 4.72. The topological polar surface area (TPSA) is 61.6 Å². The minimum Gasteiger partial charge on any atom is -0.325 e. The SMILES string of the molecule is CN(Cc1cc(Cl)c(Cl)cc1NC(=O)CN)[C@H]1CCCC[C@@H]1N1CCCC1. The van der Waals surface area contributed by atoms with Gasteiger partial charge in [-0.2, -0.15) is 0 Å². The highest BCUT2D eigenvalue weighted by Gasteiger charge is 2.34. The van der Waals surface area contributed by atoms with E-state index in [1.54, 1.807) is 6.07 Å². The van der Waals surface area contributed by atoms with Gasteiger partial charge in [0.2, 0.25) is 5.91 Å². The molecule has 1 saturated heterocycles. The lowest BCUT2D eigenvalue weighted by atomic mass is 9.88. The highest BCUT2D eigenvalue weighted by atomic mass is 35.5. The molecular formula is C20H30Cl2N4O. The Bertz CT molecular complexity index is 664. The molecule has 3 N–H and O–H groups in total. The number of benzene rings is 1. The molecule has 150 valence electrons. The van der Waals surface area contributed by atoms with Gasteiger partial charge in [0.05, 0.1) is 16.6 Å². The highest BCUT2D eigenvalue weighted by Crippen LogP contribution is 2.33. The predicted molar refractivity (Wildman–Crippen MR) is 112 cm³/mol. The van der Waals surface area contributed by atoms with E-state index >= 15 is 0 Å². The van der Waals surface area contributed by atoms with Gasteiger partial charge < -0.3 is 11.1 Å². The number of carbonyl (C=O) groups excluding carboxylic acids is 1. The van der Waals surface area contributed by atoms with Crippen LogP contribution in [-0.4, -0.2) is 54.5 Å². The van der Waals surface area contributed by atoms with Crippen molar-refractivity contribution in [1.29, 1.82) is 0 Å². The molecule has 1 aliphatic carbocycles. The van der Waals surface area contributed by atoms with Gasteiger partial charge in [0.25, 0.3) is 0 Å². The van der Waals surface area contributed by atoms with Gasteiger partial charge in [0, 0.05) is 24.3 Å². The predicted octanol–water partition coefficient (Wildman–Crippen LogP) is 3.73. The summed E-state index contributed by atoms with van der Waals surface area (Å²) in [6.45, 7) is 3.10. The number of likely N-dealkylation sites (N-methyl/N-ethyl adjacent to an activating group) is 1. The molecule has 2 aliphatic rings. The van der Waals surface area contributed by atoms with Gasteiger partial charge in [-0.05, 0) is 63.5 Å². The minimum atomic E-state index is -0.232. The molecule has 1 aromatic carbocycles. The lowest BCUT2D eigenvalue weighted by Crippen LogP contribution is -2.51. The van der Waals surface area contributed by atoms with Gasteiger partial charge in [0.15, 0.2) is 0 Å². The molecule has 2 fully saturated rings. The fourth-order valence-corrected chi connectivity index (χ4v) is 4.88. The van der Waals surface area contributed by atoms with Crippen molar-refractivity contribution < 1.29 is 4.79 Å². The second-order valence-electron chi connectivity index (χ2n) is 7.75. The Morgan fingerprint density at radius 3 is 2.56 bits per heavy atom. The first-order valence-electron chi connectivity index (χ1n) is 9.91. The fourth-order valence-electron chi connectivity index (χ4n) is 4.53. The molecule has 1 aliphatic heterocycles. The van der Waals surface area contributed by atoms with Crippen molar-refractivity contribution in [1.82, 2.24) is 9.80 Å². The number of anilines is 1. The van der Waals surface area contributed by atoms with Crippen LogP contribution in [0.4, 0.5) is 5.69 Å². The van der Waals surface area contributed by atoms with E-state index in [0.717, 1.165) is 5.56 Å². The Labute approximate surface area is 172 Å². The summed E-state index contributed by atoms with van der Waals surface area (Å²) in [5.74, 6) is -0.232. The fraction of sp³-hybridized carbons (Fsp3) is 0.650. The Morgan fingerprint density at radius 1 is 1.19 bits per heavy atom. The van der Waals surface area contributed by atoms with E-state index in [1.165, 1.54) is 51.6 Å². The molecule has 1 aromatic rings. The van der Waals surface area contributed by atoms with Gasteiger partial charge in [-0.25, -0.2) is 0 Å². The van der Waals surface area contributed by atoms with Crippen molar-refractivity contribution in [3.8, 4) is 0 Å². The van der Waals surface area contributed by atoms with Crippen molar-refractivity contribution in [2.45, 2.75) is 57.2 Å². The molecule has 0 aromatic heterocycles. The first kappa shape index (κ1) is 20.9. The first-order valence-corrected chi connectivity index (χ1v) is 10.7. The van der Waals surface area contributed by atoms with Crippen LogP contribution in [0.15, 0.2) is 12.1 Å². The monoisotopic (exact) mass is 412 g/mol. The average Bonchev–Trinajstić information content (AvgIpc) is 3.20. The maximum absolute atomic E-state index is 11.8. The number of amides is 1. The van der Waals surface area contributed by atoms with Crippen LogP contribution >= 0.6 is 23.2 Å². The van der Waals surface area contributed by atoms with E-state index in [9.17, 15) is 4.79 Å². The maximum Gasteiger partial charge on any atom is 0.238 e. The number of hydrogen-bond donors (Lipinski definition) is 2. The Balaban J connectivity index is 1.78. The number of hydrogen-bond acceptors (Lipinski definition) is 4. The zero-order chi connectivity index (χ0) is 19.4. The van der Waals surface area contributed by atoms with Crippen molar-refractivity contribution >= 4 is 34.8 Å². The summed E-state index contributed by atoms with van der Waals surface area (Å²) in [4.78, 5) is 16.9. The molecule has 2 atom stereocenters. The van der Waals surface area contributed by atoms with Gasteiger partial charge in [-0.15, -0.1) is 0 Å². The number of nitrogens with zero attached hydrogens (tertiary/aromatic N) is 2. The summed E-state index contributed by atoms with van der Waals surface area (Å²) >= 11 is 12.4. The van der Waals surface area contributed by atoms with Crippen LogP contribution in [0.1, 0.15) is 44.1 Å². The normalized spacial score (nSPS) is 23.7. The second kappa shape index (κ2) is 9.57. The van der Waals surface area contributed by atoms with E-state index < -0.39 is 0 Å². The number of likely N-dealkylation sites (tertiary alicyclic amines) is 1. The van der Waals surface area contributed by atoms with E-state index in [4.69, 9.17) is 28.9 Å². The highest BCUT2D eigenvalue weighted by molar-refractivity contribution is 6.42. The Kier molecular flexibility index (Phi) is 7.40. The standard InChI is InChI=1S/C20H30Cl2N4O/c1-25(18-6-2-3-7-19(18)26-8-4-5-9-26)13-14-10-15(21)16(22)11-17(14)24-20(27)12-23/h10-11,18-19H,2-9,12-13,23H2,1H3,(H,24,27)/t18-,19-/m0/s1. The zero-order valence-corrected chi connectivity index (χ0v) is 17.5. The molecule has 1 amide bonds. The molecule has 1 heterocycles. The van der Waals surface area contributed by atoms with Gasteiger partial charge in [0.1, 0.15) is 0 Å². The largest absolute Gasteiger partial charge is 0.325 e. The van der Waals surface area contributed by atoms with Crippen molar-refractivity contribution in [3.05, 3.63) is 27.7 Å². The third-order valence-corrected chi connectivity index (χ3v) is 6.62. The molecule has 0 bridgehead atoms. The number of nitrogens with one attached hydrogen (secondary N) is 1. The van der Waals surface area contributed by atoms with Crippen LogP contribution in [0.25, 0.3) is 0 Å². The molecule has 0 spiro atoms. The van der Waals surface area contributed by atoms with E-state index in [1.807, 2.05) is 6.07 Å². The van der Waals surface area contributed by atoms with Crippen LogP contribution < -0.4 is 11.1 Å². The number of nitrogens with two attached hydrogens (primary N) is 1. The van der Waals surface area contributed by atoms with Crippen LogP contribution in [0.5, 0.6) is 0 Å². The van der Waals surface area contributed by atoms with Crippen LogP contribution in [0, 0.1) is 0 Å². The molecule has 0 radical (unpaired) electrons. The molecule has 27 heavy (non-hydrogen) atoms. The van der Waals surface area contributed by atoms with Gasteiger partial charge >= 0.3 is 0 Å². The molecule has 7 heteroatoms. The summed E-state index contributed by atoms with van der Waals surface area (Å²) in [5.41, 5.74) is 7.12. The maximum atomic E-state index is 11.8. The molecular weight excluding hydrogens is 383 g/mol. The molecule has 5 nitrogen and oxygen atoms in total. The van der Waals surface area contributed by atoms with Gasteiger partial charge in [-0.1, -0.05) is 36.0 Å². The van der Waals surface area contributed by atoms with Crippen molar-refractivity contribution in [3.63, 3.8) is 0 Å². The number of rotatable bonds is 6. The summed E-state index contributed by atoms with van der Waals surface area (Å²) in [6.07, 6.45) is 7.70. The third kappa shape index (κ3) is 5.15.